The van der Waals surface area contributed by atoms with Gasteiger partial charge in [-0.3, -0.25) is 4.79 Å². The lowest BCUT2D eigenvalue weighted by Gasteiger charge is -2.26. The van der Waals surface area contributed by atoms with Gasteiger partial charge < -0.3 is 19.9 Å². The number of benzene rings is 1. The number of carbonyl (C=O) groups excluding carboxylic acids is 1. The van der Waals surface area contributed by atoms with Crippen LogP contribution in [0.5, 0.6) is 11.5 Å². The van der Waals surface area contributed by atoms with E-state index in [-0.39, 0.29) is 18.1 Å². The van der Waals surface area contributed by atoms with Crippen molar-refractivity contribution in [3.05, 3.63) is 23.8 Å². The van der Waals surface area contributed by atoms with E-state index in [4.69, 9.17) is 9.47 Å². The van der Waals surface area contributed by atoms with Crippen molar-refractivity contribution in [3.63, 3.8) is 0 Å². The first-order valence-electron chi connectivity index (χ1n) is 9.43. The number of hydrogen-bond donors (Lipinski definition) is 2. The highest BCUT2D eigenvalue weighted by Crippen LogP contribution is 2.28. The van der Waals surface area contributed by atoms with Gasteiger partial charge in [-0.25, -0.2) is 0 Å². The van der Waals surface area contributed by atoms with Gasteiger partial charge in [-0.15, -0.1) is 0 Å². The maximum Gasteiger partial charge on any atom is 0.251 e. The summed E-state index contributed by atoms with van der Waals surface area (Å²) < 4.78 is 11.2. The fourth-order valence-corrected chi connectivity index (χ4v) is 3.13. The van der Waals surface area contributed by atoms with Crippen molar-refractivity contribution in [2.24, 2.45) is 0 Å². The molecule has 1 amide bonds. The molecule has 25 heavy (non-hydrogen) atoms. The summed E-state index contributed by atoms with van der Waals surface area (Å²) in [6.07, 6.45) is 7.53. The van der Waals surface area contributed by atoms with Crippen LogP contribution in [-0.2, 0) is 0 Å². The smallest absolute Gasteiger partial charge is 0.251 e. The van der Waals surface area contributed by atoms with Gasteiger partial charge in [-0.2, -0.15) is 0 Å². The summed E-state index contributed by atoms with van der Waals surface area (Å²) in [5, 5.41) is 12.6. The molecule has 0 radical (unpaired) electrons. The van der Waals surface area contributed by atoms with Crippen LogP contribution in [0.4, 0.5) is 0 Å². The first-order chi connectivity index (χ1) is 12.1. The molecule has 0 heterocycles. The Morgan fingerprint density at radius 2 is 1.92 bits per heavy atom. The van der Waals surface area contributed by atoms with Crippen molar-refractivity contribution in [2.75, 3.05) is 13.7 Å². The Kier molecular flexibility index (Phi) is 8.06. The molecule has 0 unspecified atom stereocenters. The highest BCUT2D eigenvalue weighted by molar-refractivity contribution is 5.95. The van der Waals surface area contributed by atoms with Crippen LogP contribution in [0.1, 0.15) is 68.6 Å². The quantitative estimate of drug-likeness (QED) is 0.667. The minimum absolute atomic E-state index is 0.103. The number of nitrogens with one attached hydrogen (secondary N) is 1. The molecule has 1 aliphatic carbocycles. The molecule has 2 rings (SSSR count). The van der Waals surface area contributed by atoms with Crippen LogP contribution < -0.4 is 14.8 Å². The lowest BCUT2D eigenvalue weighted by Crippen LogP contribution is -2.38. The molecule has 5 heteroatoms. The van der Waals surface area contributed by atoms with Crippen molar-refractivity contribution in [3.8, 4) is 11.5 Å². The predicted octanol–water partition coefficient (Wildman–Crippen LogP) is 3.69. The maximum absolute atomic E-state index is 12.4. The first-order valence-corrected chi connectivity index (χ1v) is 9.43. The van der Waals surface area contributed by atoms with Gasteiger partial charge in [-0.05, 0) is 50.3 Å². The number of aliphatic hydroxyl groups excluding tert-OH is 1. The zero-order chi connectivity index (χ0) is 18.1. The molecular formula is C20H31NO4. The molecule has 0 aromatic heterocycles. The van der Waals surface area contributed by atoms with Crippen LogP contribution in [0.25, 0.3) is 0 Å². The van der Waals surface area contributed by atoms with Crippen LogP contribution in [0.15, 0.2) is 18.2 Å². The second-order valence-corrected chi connectivity index (χ2v) is 6.75. The van der Waals surface area contributed by atoms with Crippen LogP contribution in [0.3, 0.4) is 0 Å². The Labute approximate surface area is 150 Å². The summed E-state index contributed by atoms with van der Waals surface area (Å²) in [6, 6.07) is 5.44. The Morgan fingerprint density at radius 1 is 1.16 bits per heavy atom. The van der Waals surface area contributed by atoms with Crippen molar-refractivity contribution < 1.29 is 19.4 Å². The van der Waals surface area contributed by atoms with E-state index in [2.05, 4.69) is 12.2 Å². The number of rotatable bonds is 9. The summed E-state index contributed by atoms with van der Waals surface area (Å²) in [7, 11) is 1.59. The number of carbonyl (C=O) groups is 1. The molecule has 0 bridgehead atoms. The molecule has 140 valence electrons. The zero-order valence-corrected chi connectivity index (χ0v) is 15.4. The molecule has 5 nitrogen and oxygen atoms in total. The van der Waals surface area contributed by atoms with E-state index in [0.29, 0.717) is 23.7 Å². The van der Waals surface area contributed by atoms with E-state index in [9.17, 15) is 9.90 Å². The van der Waals surface area contributed by atoms with Gasteiger partial charge in [0.15, 0.2) is 11.5 Å². The van der Waals surface area contributed by atoms with Crippen LogP contribution in [0.2, 0.25) is 0 Å². The average Bonchev–Trinajstić information content (AvgIpc) is 2.63. The van der Waals surface area contributed by atoms with E-state index in [1.165, 1.54) is 12.8 Å². The zero-order valence-electron chi connectivity index (χ0n) is 15.4. The van der Waals surface area contributed by atoms with Crippen molar-refractivity contribution in [1.82, 2.24) is 5.32 Å². The van der Waals surface area contributed by atoms with E-state index in [1.807, 2.05) is 0 Å². The second kappa shape index (κ2) is 10.3. The van der Waals surface area contributed by atoms with E-state index < -0.39 is 0 Å². The van der Waals surface area contributed by atoms with Crippen molar-refractivity contribution in [2.45, 2.75) is 70.4 Å². The third-order valence-corrected chi connectivity index (χ3v) is 4.71. The molecule has 1 saturated carbocycles. The number of amides is 1. The second-order valence-electron chi connectivity index (χ2n) is 6.75. The van der Waals surface area contributed by atoms with Gasteiger partial charge in [0, 0.05) is 11.6 Å². The molecule has 1 aromatic carbocycles. The maximum atomic E-state index is 12.4. The minimum atomic E-state index is -0.220. The van der Waals surface area contributed by atoms with Gasteiger partial charge in [0.2, 0.25) is 0 Å². The number of aliphatic hydroxyl groups is 1. The monoisotopic (exact) mass is 349 g/mol. The Bertz CT molecular complexity index is 538. The van der Waals surface area contributed by atoms with E-state index in [1.54, 1.807) is 25.3 Å². The lowest BCUT2D eigenvalue weighted by atomic mass is 9.93. The van der Waals surface area contributed by atoms with Crippen LogP contribution in [0, 0.1) is 0 Å². The predicted molar refractivity (Wildman–Crippen MR) is 98.4 cm³/mol. The molecule has 0 saturated heterocycles. The van der Waals surface area contributed by atoms with Gasteiger partial charge in [-0.1, -0.05) is 26.2 Å². The Morgan fingerprint density at radius 3 is 2.60 bits per heavy atom. The van der Waals surface area contributed by atoms with Gasteiger partial charge in [0.05, 0.1) is 19.8 Å². The fraction of sp³-hybridized carbons (Fsp3) is 0.650. The van der Waals surface area contributed by atoms with E-state index >= 15 is 0 Å². The summed E-state index contributed by atoms with van der Waals surface area (Å²) in [5.41, 5.74) is 0.571. The fourth-order valence-electron chi connectivity index (χ4n) is 3.13. The Hall–Kier alpha value is -1.75. The van der Waals surface area contributed by atoms with E-state index in [0.717, 1.165) is 38.5 Å². The normalized spacial score (nSPS) is 20.1. The number of hydrogen-bond acceptors (Lipinski definition) is 4. The highest BCUT2D eigenvalue weighted by atomic mass is 16.5. The summed E-state index contributed by atoms with van der Waals surface area (Å²) in [4.78, 5) is 12.4. The third-order valence-electron chi connectivity index (χ3n) is 4.71. The summed E-state index contributed by atoms with van der Waals surface area (Å²) in [5.74, 6) is 1.16. The van der Waals surface area contributed by atoms with Crippen LogP contribution in [-0.4, -0.2) is 36.9 Å². The van der Waals surface area contributed by atoms with Crippen LogP contribution >= 0.6 is 0 Å². The molecule has 1 fully saturated rings. The van der Waals surface area contributed by atoms with Crippen molar-refractivity contribution >= 4 is 5.91 Å². The lowest BCUT2D eigenvalue weighted by molar-refractivity contribution is 0.0867. The minimum Gasteiger partial charge on any atom is -0.493 e. The number of methoxy groups -OCH3 is 1. The van der Waals surface area contributed by atoms with Gasteiger partial charge in [0.25, 0.3) is 5.91 Å². The summed E-state index contributed by atoms with van der Waals surface area (Å²) in [6.45, 7) is 2.84. The average molecular weight is 349 g/mol. The highest BCUT2D eigenvalue weighted by Gasteiger charge is 2.21. The largest absolute Gasteiger partial charge is 0.493 e. The standard InChI is InChI=1S/C20H31NO4/c1-3-4-5-6-13-25-18-12-7-15(14-19(18)24-2)20(23)21-16-8-10-17(22)11-9-16/h7,12,14,16-17,22H,3-6,8-11,13H2,1-2H3,(H,21,23). The number of unbranched alkanes of at least 4 members (excludes halogenated alkanes) is 3. The molecule has 1 aromatic rings. The van der Waals surface area contributed by atoms with Gasteiger partial charge in [0.1, 0.15) is 0 Å². The molecule has 0 aliphatic heterocycles. The van der Waals surface area contributed by atoms with Crippen molar-refractivity contribution in [1.29, 1.82) is 0 Å². The third kappa shape index (κ3) is 6.24. The number of ether oxygens (including phenoxy) is 2. The summed E-state index contributed by atoms with van der Waals surface area (Å²) >= 11 is 0. The molecule has 0 spiro atoms. The topological polar surface area (TPSA) is 67.8 Å². The molecule has 0 atom stereocenters. The molecular weight excluding hydrogens is 318 g/mol. The molecule has 2 N–H and O–H groups in total. The Balaban J connectivity index is 1.89. The first kappa shape index (κ1) is 19.6. The SMILES string of the molecule is CCCCCCOc1ccc(C(=O)NC2CCC(O)CC2)cc1OC. The van der Waals surface area contributed by atoms with Gasteiger partial charge >= 0.3 is 0 Å². The molecule has 1 aliphatic rings.